The van der Waals surface area contributed by atoms with Crippen molar-refractivity contribution in [2.45, 2.75) is 31.6 Å². The highest BCUT2D eigenvalue weighted by atomic mass is 32.2. The van der Waals surface area contributed by atoms with Gasteiger partial charge < -0.3 is 14.8 Å². The molecule has 0 saturated heterocycles. The predicted octanol–water partition coefficient (Wildman–Crippen LogP) is 3.13. The number of ether oxygens (including phenoxy) is 2. The van der Waals surface area contributed by atoms with Crippen molar-refractivity contribution in [3.63, 3.8) is 0 Å². The van der Waals surface area contributed by atoms with Gasteiger partial charge in [-0.05, 0) is 35.7 Å². The van der Waals surface area contributed by atoms with Gasteiger partial charge in [0.25, 0.3) is 0 Å². The molecular formula is C20H26N2O5S. The number of hydrogen-bond donors (Lipinski definition) is 2. The Labute approximate surface area is 166 Å². The summed E-state index contributed by atoms with van der Waals surface area (Å²) in [6.07, 6.45) is 0. The molecule has 2 N–H and O–H groups in total. The molecule has 1 amide bonds. The van der Waals surface area contributed by atoms with E-state index in [0.717, 1.165) is 11.3 Å². The van der Waals surface area contributed by atoms with Gasteiger partial charge in [-0.1, -0.05) is 32.0 Å². The molecule has 2 rings (SSSR count). The number of hydrogen-bond acceptors (Lipinski definition) is 5. The van der Waals surface area contributed by atoms with E-state index in [4.69, 9.17) is 9.47 Å². The molecule has 0 aromatic heterocycles. The molecule has 0 bridgehead atoms. The van der Waals surface area contributed by atoms with E-state index in [-0.39, 0.29) is 24.0 Å². The Morgan fingerprint density at radius 1 is 1.11 bits per heavy atom. The Balaban J connectivity index is 2.03. The van der Waals surface area contributed by atoms with E-state index in [0.29, 0.717) is 17.4 Å². The summed E-state index contributed by atoms with van der Waals surface area (Å²) in [5.74, 6) is 1.11. The van der Waals surface area contributed by atoms with Crippen molar-refractivity contribution < 1.29 is 22.7 Å². The summed E-state index contributed by atoms with van der Waals surface area (Å²) in [6.45, 7) is 5.78. The van der Waals surface area contributed by atoms with E-state index in [2.05, 4.69) is 23.9 Å². The maximum atomic E-state index is 12.5. The van der Waals surface area contributed by atoms with Gasteiger partial charge in [-0.3, -0.25) is 4.79 Å². The van der Waals surface area contributed by atoms with Crippen LogP contribution in [0, 0.1) is 0 Å². The Morgan fingerprint density at radius 2 is 1.82 bits per heavy atom. The second kappa shape index (κ2) is 9.57. The van der Waals surface area contributed by atoms with Crippen LogP contribution in [0.2, 0.25) is 0 Å². The molecule has 0 aliphatic heterocycles. The molecule has 2 aromatic carbocycles. The van der Waals surface area contributed by atoms with Crippen molar-refractivity contribution in [1.29, 1.82) is 0 Å². The second-order valence-corrected chi connectivity index (χ2v) is 8.25. The molecule has 0 aliphatic carbocycles. The van der Waals surface area contributed by atoms with E-state index in [1.807, 2.05) is 24.3 Å². The Bertz CT molecular complexity index is 926. The fraction of sp³-hybridized carbons (Fsp3) is 0.350. The highest BCUT2D eigenvalue weighted by Crippen LogP contribution is 2.28. The lowest BCUT2D eigenvalue weighted by atomic mass is 10.0. The number of benzene rings is 2. The maximum Gasteiger partial charge on any atom is 0.240 e. The Hall–Kier alpha value is -2.58. The zero-order valence-electron chi connectivity index (χ0n) is 16.5. The lowest BCUT2D eigenvalue weighted by Gasteiger charge is -2.15. The van der Waals surface area contributed by atoms with Crippen molar-refractivity contribution in [2.24, 2.45) is 0 Å². The van der Waals surface area contributed by atoms with E-state index < -0.39 is 10.0 Å². The third kappa shape index (κ3) is 5.71. The maximum absolute atomic E-state index is 12.5. The quantitative estimate of drug-likeness (QED) is 0.624. The first kappa shape index (κ1) is 21.7. The molecule has 0 fully saturated rings. The van der Waals surface area contributed by atoms with E-state index in [1.54, 1.807) is 0 Å². The molecule has 0 spiro atoms. The van der Waals surface area contributed by atoms with Gasteiger partial charge in [-0.25, -0.2) is 13.1 Å². The van der Waals surface area contributed by atoms with Crippen LogP contribution >= 0.6 is 0 Å². The number of para-hydroxylation sites is 1. The smallest absolute Gasteiger partial charge is 0.240 e. The van der Waals surface area contributed by atoms with Crippen LogP contribution in [0.1, 0.15) is 32.3 Å². The summed E-state index contributed by atoms with van der Waals surface area (Å²) in [6, 6.07) is 12.0. The number of anilines is 1. The lowest BCUT2D eigenvalue weighted by Crippen LogP contribution is -2.28. The molecule has 0 radical (unpaired) electrons. The largest absolute Gasteiger partial charge is 0.495 e. The van der Waals surface area contributed by atoms with Crippen molar-refractivity contribution in [2.75, 3.05) is 25.6 Å². The van der Waals surface area contributed by atoms with Crippen LogP contribution < -0.4 is 19.5 Å². The van der Waals surface area contributed by atoms with Crippen LogP contribution in [0.5, 0.6) is 11.5 Å². The highest BCUT2D eigenvalue weighted by Gasteiger charge is 2.17. The average Bonchev–Trinajstić information content (AvgIpc) is 2.65. The summed E-state index contributed by atoms with van der Waals surface area (Å²) in [4.78, 5) is 11.3. The van der Waals surface area contributed by atoms with E-state index in [1.165, 1.54) is 32.2 Å². The van der Waals surface area contributed by atoms with Gasteiger partial charge >= 0.3 is 0 Å². The minimum absolute atomic E-state index is 0.0274. The minimum atomic E-state index is -3.76. The van der Waals surface area contributed by atoms with Crippen LogP contribution in [-0.2, 0) is 14.8 Å². The Morgan fingerprint density at radius 3 is 2.46 bits per heavy atom. The highest BCUT2D eigenvalue weighted by molar-refractivity contribution is 7.89. The number of carbonyl (C=O) groups is 1. The third-order valence-corrected chi connectivity index (χ3v) is 5.44. The summed E-state index contributed by atoms with van der Waals surface area (Å²) in [5.41, 5.74) is 1.36. The molecule has 8 heteroatoms. The molecule has 0 unspecified atom stereocenters. The first-order valence-corrected chi connectivity index (χ1v) is 10.4. The van der Waals surface area contributed by atoms with Crippen LogP contribution in [0.25, 0.3) is 0 Å². The summed E-state index contributed by atoms with van der Waals surface area (Å²) in [5, 5.41) is 2.56. The number of nitrogens with one attached hydrogen (secondary N) is 2. The molecule has 28 heavy (non-hydrogen) atoms. The molecule has 152 valence electrons. The molecular weight excluding hydrogens is 380 g/mol. The van der Waals surface area contributed by atoms with Crippen LogP contribution in [0.4, 0.5) is 5.69 Å². The molecule has 0 heterocycles. The minimum Gasteiger partial charge on any atom is -0.495 e. The lowest BCUT2D eigenvalue weighted by molar-refractivity contribution is -0.114. The van der Waals surface area contributed by atoms with Crippen molar-refractivity contribution in [3.05, 3.63) is 48.0 Å². The Kier molecular flexibility index (Phi) is 7.42. The number of amides is 1. The van der Waals surface area contributed by atoms with Gasteiger partial charge in [0.2, 0.25) is 15.9 Å². The van der Waals surface area contributed by atoms with Crippen molar-refractivity contribution in [1.82, 2.24) is 4.72 Å². The first-order valence-electron chi connectivity index (χ1n) is 8.91. The number of carbonyl (C=O) groups excluding carboxylic acids is 1. The number of rotatable bonds is 9. The third-order valence-electron chi connectivity index (χ3n) is 3.98. The van der Waals surface area contributed by atoms with Gasteiger partial charge in [0, 0.05) is 13.5 Å². The van der Waals surface area contributed by atoms with Gasteiger partial charge in [0.15, 0.2) is 0 Å². The van der Waals surface area contributed by atoms with Crippen LogP contribution in [-0.4, -0.2) is 34.6 Å². The van der Waals surface area contributed by atoms with Gasteiger partial charge in [0.1, 0.15) is 18.1 Å². The van der Waals surface area contributed by atoms with Crippen LogP contribution in [0.3, 0.4) is 0 Å². The normalized spacial score (nSPS) is 11.3. The fourth-order valence-corrected chi connectivity index (χ4v) is 3.69. The van der Waals surface area contributed by atoms with Crippen molar-refractivity contribution >= 4 is 21.6 Å². The molecule has 0 atom stereocenters. The molecule has 7 nitrogen and oxygen atoms in total. The predicted molar refractivity (Wildman–Crippen MR) is 109 cm³/mol. The molecule has 0 aliphatic rings. The SMILES string of the molecule is COc1ccc(S(=O)(=O)NCCOc2ccccc2C(C)C)cc1NC(C)=O. The second-order valence-electron chi connectivity index (χ2n) is 6.48. The fourth-order valence-electron chi connectivity index (χ4n) is 2.65. The van der Waals surface area contributed by atoms with E-state index in [9.17, 15) is 13.2 Å². The first-order chi connectivity index (χ1) is 13.2. The summed E-state index contributed by atoms with van der Waals surface area (Å²) >= 11 is 0. The van der Waals surface area contributed by atoms with Gasteiger partial charge in [-0.15, -0.1) is 0 Å². The van der Waals surface area contributed by atoms with Gasteiger partial charge in [-0.2, -0.15) is 0 Å². The van der Waals surface area contributed by atoms with Gasteiger partial charge in [0.05, 0.1) is 17.7 Å². The van der Waals surface area contributed by atoms with E-state index >= 15 is 0 Å². The average molecular weight is 407 g/mol. The van der Waals surface area contributed by atoms with Crippen molar-refractivity contribution in [3.8, 4) is 11.5 Å². The topological polar surface area (TPSA) is 93.7 Å². The standard InChI is InChI=1S/C20H26N2O5S/c1-14(2)17-7-5-6-8-19(17)27-12-11-21-28(24,25)16-9-10-20(26-4)18(13-16)22-15(3)23/h5-10,13-14,21H,11-12H2,1-4H3,(H,22,23). The summed E-state index contributed by atoms with van der Waals surface area (Å²) in [7, 11) is -2.32. The summed E-state index contributed by atoms with van der Waals surface area (Å²) < 4.78 is 38.5. The zero-order valence-corrected chi connectivity index (χ0v) is 17.3. The number of sulfonamides is 1. The monoisotopic (exact) mass is 406 g/mol. The number of methoxy groups -OCH3 is 1. The van der Waals surface area contributed by atoms with Crippen LogP contribution in [0.15, 0.2) is 47.4 Å². The zero-order chi connectivity index (χ0) is 20.7. The molecule has 2 aromatic rings. The molecule has 0 saturated carbocycles.